The van der Waals surface area contributed by atoms with Gasteiger partial charge in [0.2, 0.25) is 12.2 Å². The quantitative estimate of drug-likeness (QED) is 0.0286. The predicted octanol–water partition coefficient (Wildman–Crippen LogP) is -4.55. The van der Waals surface area contributed by atoms with Crippen molar-refractivity contribution in [3.63, 3.8) is 0 Å². The van der Waals surface area contributed by atoms with Crippen molar-refractivity contribution in [3.8, 4) is 5.75 Å². The molecule has 63 heavy (non-hydrogen) atoms. The highest BCUT2D eigenvalue weighted by Gasteiger charge is 2.55. The third kappa shape index (κ3) is 13.0. The van der Waals surface area contributed by atoms with E-state index in [1.54, 1.807) is 30.3 Å². The first kappa shape index (κ1) is 48.5. The van der Waals surface area contributed by atoms with Gasteiger partial charge in [0.1, 0.15) is 42.2 Å². The largest absolute Gasteiger partial charge is 0.462 e. The van der Waals surface area contributed by atoms with Crippen LogP contribution >= 0.6 is 0 Å². The second-order valence-electron chi connectivity index (χ2n) is 15.1. The maximum Gasteiger partial charge on any atom is 0.409 e. The molecule has 0 bridgehead atoms. The van der Waals surface area contributed by atoms with Gasteiger partial charge < -0.3 is 93.7 Å². The van der Waals surface area contributed by atoms with E-state index in [4.69, 9.17) is 57.1 Å². The zero-order valence-corrected chi connectivity index (χ0v) is 34.4. The van der Waals surface area contributed by atoms with Gasteiger partial charge in [-0.3, -0.25) is 10.1 Å². The second kappa shape index (κ2) is 22.7. The molecule has 1 aromatic carbocycles. The highest BCUT2D eigenvalue weighted by Crippen LogP contribution is 2.31. The average molecular weight is 895 g/mol. The number of amides is 8. The fraction of sp³-hybridized carbons (Fsp3) is 0.622. The van der Waals surface area contributed by atoms with Gasteiger partial charge in [0, 0.05) is 12.6 Å². The molecule has 0 aliphatic carbocycles. The van der Waals surface area contributed by atoms with Crippen LogP contribution in [0, 0.1) is 0 Å². The normalized spacial score (nSPS) is 31.6. The molecule has 8 amide bonds. The van der Waals surface area contributed by atoms with E-state index in [2.05, 4.69) is 31.6 Å². The zero-order valence-electron chi connectivity index (χ0n) is 34.4. The number of rotatable bonds is 18. The molecular formula is C37H58N12O14. The van der Waals surface area contributed by atoms with Crippen LogP contribution in [0.4, 0.5) is 19.2 Å². The first-order valence-corrected chi connectivity index (χ1v) is 20.3. The number of urea groups is 3. The van der Waals surface area contributed by atoms with Crippen molar-refractivity contribution < 1.29 is 67.7 Å². The summed E-state index contributed by atoms with van der Waals surface area (Å²) in [6, 6.07) is -1.65. The molecule has 0 spiro atoms. The molecule has 4 saturated heterocycles. The van der Waals surface area contributed by atoms with Crippen LogP contribution in [0.15, 0.2) is 35.3 Å². The van der Waals surface area contributed by atoms with Crippen molar-refractivity contribution in [1.29, 1.82) is 0 Å². The molecule has 0 aromatic heterocycles. The molecule has 0 unspecified atom stereocenters. The number of guanidine groups is 1. The lowest BCUT2D eigenvalue weighted by Gasteiger charge is -2.44. The third-order valence-corrected chi connectivity index (χ3v) is 10.4. The number of hydrogen-bond acceptors (Lipinski definition) is 17. The molecule has 5 rings (SSSR count). The topological polar surface area (TPSA) is 407 Å². The van der Waals surface area contributed by atoms with Crippen LogP contribution in [0.1, 0.15) is 31.7 Å². The van der Waals surface area contributed by atoms with Crippen LogP contribution < -0.4 is 60.0 Å². The molecule has 26 nitrogen and oxygen atoms in total. The fourth-order valence-corrected chi connectivity index (χ4v) is 7.35. The molecule has 350 valence electrons. The van der Waals surface area contributed by atoms with Crippen LogP contribution in [0.25, 0.3) is 6.08 Å². The maximum atomic E-state index is 13.3. The van der Waals surface area contributed by atoms with Crippen molar-refractivity contribution in [1.82, 2.24) is 31.5 Å². The summed E-state index contributed by atoms with van der Waals surface area (Å²) < 4.78 is 34.7. The Labute approximate surface area is 361 Å². The van der Waals surface area contributed by atoms with E-state index in [1.807, 2.05) is 0 Å². The van der Waals surface area contributed by atoms with Gasteiger partial charge in [-0.2, -0.15) is 0 Å². The van der Waals surface area contributed by atoms with Crippen LogP contribution in [0.2, 0.25) is 0 Å². The number of alkyl carbamates (subject to hydrolysis) is 1. The molecule has 4 fully saturated rings. The van der Waals surface area contributed by atoms with Crippen LogP contribution in [0.3, 0.4) is 0 Å². The van der Waals surface area contributed by atoms with E-state index in [9.17, 15) is 39.3 Å². The number of aliphatic hydroxyl groups is 3. The summed E-state index contributed by atoms with van der Waals surface area (Å²) in [5.41, 5.74) is 28.3. The summed E-state index contributed by atoms with van der Waals surface area (Å²) >= 11 is 0. The predicted molar refractivity (Wildman–Crippen MR) is 219 cm³/mol. The number of fused-ring (bicyclic) bond motifs is 1. The van der Waals surface area contributed by atoms with E-state index in [1.165, 1.54) is 13.0 Å². The molecular weight excluding hydrogens is 836 g/mol. The number of carbonyl (C=O) groups excluding carboxylic acids is 5. The SMILES string of the molecule is C[C@H]1O[C@H](Oc2ccc(/C=C/C(=O)NCCCNCCCCN)cc2)[C@H](N=C(N)N)[C@@H](O)[C@@H]1OC(=O)N[C@H]1OC[C@@H](O[C@@H]2OC[C@@H](O)[C@@H]3NC(=O)N(C(N)=O)[C@@H]23)[C@H](O)[C@H]1NC(N)=O. The van der Waals surface area contributed by atoms with E-state index in [0.29, 0.717) is 29.3 Å². The van der Waals surface area contributed by atoms with Crippen LogP contribution in [-0.2, 0) is 28.5 Å². The van der Waals surface area contributed by atoms with Crippen molar-refractivity contribution in [2.24, 2.45) is 33.7 Å². The lowest BCUT2D eigenvalue weighted by atomic mass is 9.97. The summed E-state index contributed by atoms with van der Waals surface area (Å²) in [6.45, 7) is 3.55. The Morgan fingerprint density at radius 1 is 0.952 bits per heavy atom. The molecule has 0 radical (unpaired) electrons. The Morgan fingerprint density at radius 3 is 2.37 bits per heavy atom. The standard InChI is InChI=1S/C37H58N12O14/c1-17-29(28(53)25(45-33(39)40)31(60-17)61-19-8-5-18(6-9-19)7-10-22(51)44-14-4-13-43-12-3-2-11-38)63-37(57)48-30-24(46-34(41)54)27(52)21(16-58-30)62-32-26-23(20(50)15-59-32)47-36(56)49(26)35(42)55/h5-10,17,20-21,23-32,43,50,52-53H,2-4,11-16,38H2,1H3,(H2,42,55)(H,44,51)(H,47,56)(H,48,57)(H4,39,40,45)(H3,41,46,54)/b10-7+/t17-,20-,21-,23+,24-,25-,26-,27+,28-,29-,30+,31-,32+/m1/s1. The number of carbonyl (C=O) groups is 5. The number of nitrogens with zero attached hydrogens (tertiary/aromatic N) is 2. The zero-order chi connectivity index (χ0) is 45.8. The molecule has 4 heterocycles. The van der Waals surface area contributed by atoms with Crippen molar-refractivity contribution in [3.05, 3.63) is 35.9 Å². The van der Waals surface area contributed by atoms with E-state index < -0.39 is 116 Å². The first-order valence-electron chi connectivity index (χ1n) is 20.3. The van der Waals surface area contributed by atoms with Gasteiger partial charge >= 0.3 is 24.2 Å². The van der Waals surface area contributed by atoms with Gasteiger partial charge in [-0.1, -0.05) is 12.1 Å². The summed E-state index contributed by atoms with van der Waals surface area (Å²) in [6.07, 6.45) is -7.88. The molecule has 0 saturated carbocycles. The van der Waals surface area contributed by atoms with Gasteiger partial charge in [0.05, 0.1) is 31.5 Å². The number of ether oxygens (including phenoxy) is 6. The highest BCUT2D eigenvalue weighted by molar-refractivity contribution is 5.95. The van der Waals surface area contributed by atoms with E-state index in [-0.39, 0.29) is 12.5 Å². The number of aliphatic hydroxyl groups excluding tert-OH is 3. The Bertz CT molecular complexity index is 1790. The minimum Gasteiger partial charge on any atom is -0.462 e. The van der Waals surface area contributed by atoms with Gasteiger partial charge in [-0.25, -0.2) is 29.1 Å². The van der Waals surface area contributed by atoms with Crippen molar-refractivity contribution in [2.75, 3.05) is 39.4 Å². The van der Waals surface area contributed by atoms with Gasteiger partial charge in [-0.15, -0.1) is 0 Å². The molecule has 26 heteroatoms. The number of hydrogen-bond donors (Lipinski definition) is 13. The summed E-state index contributed by atoms with van der Waals surface area (Å²) in [5, 5.41) is 46.3. The minimum absolute atomic E-state index is 0.249. The lowest BCUT2D eigenvalue weighted by molar-refractivity contribution is -0.268. The number of imide groups is 1. The maximum absolute atomic E-state index is 13.3. The highest BCUT2D eigenvalue weighted by atomic mass is 16.7. The number of benzene rings is 1. The summed E-state index contributed by atoms with van der Waals surface area (Å²) in [4.78, 5) is 66.8. The average Bonchev–Trinajstić information content (AvgIpc) is 3.60. The van der Waals surface area contributed by atoms with Crippen LogP contribution in [0.5, 0.6) is 5.75 Å². The Hall–Kier alpha value is -5.58. The molecule has 18 N–H and O–H groups in total. The number of aliphatic imine (C=N–C) groups is 1. The monoisotopic (exact) mass is 894 g/mol. The molecule has 4 aliphatic rings. The fourth-order valence-electron chi connectivity index (χ4n) is 7.35. The van der Waals surface area contributed by atoms with E-state index in [0.717, 1.165) is 32.4 Å². The van der Waals surface area contributed by atoms with Gasteiger partial charge in [0.25, 0.3) is 0 Å². The molecule has 1 aromatic rings. The minimum atomic E-state index is -1.67. The summed E-state index contributed by atoms with van der Waals surface area (Å²) in [5.74, 6) is -0.389. The Kier molecular flexibility index (Phi) is 17.4. The van der Waals surface area contributed by atoms with Crippen molar-refractivity contribution in [2.45, 2.75) is 106 Å². The van der Waals surface area contributed by atoms with Crippen molar-refractivity contribution >= 4 is 42.1 Å². The summed E-state index contributed by atoms with van der Waals surface area (Å²) in [7, 11) is 0. The Morgan fingerprint density at radius 2 is 1.68 bits per heavy atom. The van der Waals surface area contributed by atoms with Crippen LogP contribution in [-0.4, -0.2) is 175 Å². The number of nitrogens with two attached hydrogens (primary N) is 5. The van der Waals surface area contributed by atoms with E-state index >= 15 is 0 Å². The smallest absolute Gasteiger partial charge is 0.409 e. The second-order valence-corrected chi connectivity index (χ2v) is 15.1. The Balaban J connectivity index is 1.15. The first-order chi connectivity index (χ1) is 30.1. The van der Waals surface area contributed by atoms with Gasteiger partial charge in [0.15, 0.2) is 24.6 Å². The lowest BCUT2D eigenvalue weighted by Crippen LogP contribution is -2.68. The number of nitrogens with one attached hydrogen (secondary N) is 5. The molecule has 13 atom stereocenters. The number of primary amides is 2. The number of unbranched alkanes of at least 4 members (excludes halogenated alkanes) is 1. The third-order valence-electron chi connectivity index (χ3n) is 10.4. The van der Waals surface area contributed by atoms with Gasteiger partial charge in [-0.05, 0) is 69.6 Å². The molecule has 4 aliphatic heterocycles.